The molecule has 0 saturated heterocycles. The lowest BCUT2D eigenvalue weighted by Gasteiger charge is -2.40. The van der Waals surface area contributed by atoms with Crippen molar-refractivity contribution in [2.45, 2.75) is 31.3 Å². The highest BCUT2D eigenvalue weighted by Gasteiger charge is 2.39. The van der Waals surface area contributed by atoms with Crippen LogP contribution in [0.1, 0.15) is 46.4 Å². The molecule has 21 heavy (non-hydrogen) atoms. The third-order valence-corrected chi connectivity index (χ3v) is 4.37. The van der Waals surface area contributed by atoms with Crippen molar-refractivity contribution in [3.63, 3.8) is 0 Å². The number of hydrogen-bond acceptors (Lipinski definition) is 4. The first-order chi connectivity index (χ1) is 10.1. The first kappa shape index (κ1) is 14.1. The van der Waals surface area contributed by atoms with Gasteiger partial charge in [-0.1, -0.05) is 0 Å². The molecule has 1 aromatic carbocycles. The second kappa shape index (κ2) is 5.48. The first-order valence-corrected chi connectivity index (χ1v) is 7.27. The minimum atomic E-state index is -0.303. The van der Waals surface area contributed by atoms with E-state index in [1.165, 1.54) is 0 Å². The van der Waals surface area contributed by atoms with Crippen molar-refractivity contribution in [3.8, 4) is 5.75 Å². The lowest BCUT2D eigenvalue weighted by molar-refractivity contribution is -0.0704. The zero-order valence-electron chi connectivity index (χ0n) is 12.1. The molecule has 1 aliphatic carbocycles. The molecule has 1 amide bonds. The molecule has 3 rings (SSSR count). The smallest absolute Gasteiger partial charge is 0.255 e. The lowest BCUT2D eigenvalue weighted by atomic mass is 9.75. The summed E-state index contributed by atoms with van der Waals surface area (Å²) in [5, 5.41) is 2.75. The van der Waals surface area contributed by atoms with E-state index in [9.17, 15) is 9.59 Å². The molecule has 1 aliphatic heterocycles. The number of ether oxygens (including phenoxy) is 2. The van der Waals surface area contributed by atoms with Crippen LogP contribution in [0.15, 0.2) is 18.2 Å². The summed E-state index contributed by atoms with van der Waals surface area (Å²) in [6.45, 7) is 0.919. The Morgan fingerprint density at radius 1 is 1.43 bits per heavy atom. The van der Waals surface area contributed by atoms with Crippen molar-refractivity contribution >= 4 is 11.7 Å². The molecular weight excluding hydrogens is 270 g/mol. The van der Waals surface area contributed by atoms with Gasteiger partial charge in [0.25, 0.3) is 5.91 Å². The normalized spacial score (nSPS) is 19.6. The Balaban J connectivity index is 1.82. The van der Waals surface area contributed by atoms with Crippen LogP contribution >= 0.6 is 0 Å². The van der Waals surface area contributed by atoms with Gasteiger partial charge >= 0.3 is 0 Å². The average molecular weight is 289 g/mol. The number of ketones is 1. The molecule has 5 heteroatoms. The van der Waals surface area contributed by atoms with Crippen molar-refractivity contribution in [3.05, 3.63) is 29.3 Å². The SMILES string of the molecule is COC1(CC(=O)c2ccc3c(c2)C(=O)NCCO3)CCC1. The van der Waals surface area contributed by atoms with E-state index in [2.05, 4.69) is 5.32 Å². The number of carbonyl (C=O) groups is 2. The van der Waals surface area contributed by atoms with Gasteiger partial charge < -0.3 is 14.8 Å². The molecule has 0 atom stereocenters. The standard InChI is InChI=1S/C16H19NO4/c1-20-16(5-2-6-16)10-13(18)11-3-4-14-12(9-11)15(19)17-7-8-21-14/h3-4,9H,2,5-8,10H2,1H3,(H,17,19). The maximum atomic E-state index is 12.4. The van der Waals surface area contributed by atoms with E-state index < -0.39 is 0 Å². The van der Waals surface area contributed by atoms with Gasteiger partial charge in [-0.15, -0.1) is 0 Å². The Labute approximate surface area is 123 Å². The first-order valence-electron chi connectivity index (χ1n) is 7.27. The number of fused-ring (bicyclic) bond motifs is 1. The van der Waals surface area contributed by atoms with Crippen LogP contribution in [0.3, 0.4) is 0 Å². The van der Waals surface area contributed by atoms with Crippen LogP contribution in [0.5, 0.6) is 5.75 Å². The molecular formula is C16H19NO4. The minimum absolute atomic E-state index is 0.0106. The number of amides is 1. The van der Waals surface area contributed by atoms with Crippen LogP contribution in [0.2, 0.25) is 0 Å². The third kappa shape index (κ3) is 2.65. The number of rotatable bonds is 4. The summed E-state index contributed by atoms with van der Waals surface area (Å²) < 4.78 is 11.0. The van der Waals surface area contributed by atoms with E-state index in [-0.39, 0.29) is 17.3 Å². The number of carbonyl (C=O) groups excluding carboxylic acids is 2. The quantitative estimate of drug-likeness (QED) is 0.860. The zero-order valence-corrected chi connectivity index (χ0v) is 12.1. The molecule has 1 N–H and O–H groups in total. The predicted octanol–water partition coefficient (Wildman–Crippen LogP) is 1.95. The van der Waals surface area contributed by atoms with Gasteiger partial charge in [0.1, 0.15) is 12.4 Å². The van der Waals surface area contributed by atoms with E-state index in [0.29, 0.717) is 36.4 Å². The molecule has 0 aromatic heterocycles. The van der Waals surface area contributed by atoms with Gasteiger partial charge in [0.05, 0.1) is 17.7 Å². The second-order valence-electron chi connectivity index (χ2n) is 5.66. The summed E-state index contributed by atoms with van der Waals surface area (Å²) in [5.74, 6) is 0.352. The molecule has 0 spiro atoms. The van der Waals surface area contributed by atoms with Crippen LogP contribution in [0.25, 0.3) is 0 Å². The van der Waals surface area contributed by atoms with Crippen molar-refractivity contribution in [2.24, 2.45) is 0 Å². The predicted molar refractivity (Wildman–Crippen MR) is 76.8 cm³/mol. The molecule has 0 bridgehead atoms. The van der Waals surface area contributed by atoms with Crippen molar-refractivity contribution in [1.29, 1.82) is 0 Å². The van der Waals surface area contributed by atoms with Crippen molar-refractivity contribution in [1.82, 2.24) is 5.32 Å². The number of methoxy groups -OCH3 is 1. The highest BCUT2D eigenvalue weighted by atomic mass is 16.5. The summed E-state index contributed by atoms with van der Waals surface area (Å²) >= 11 is 0. The maximum absolute atomic E-state index is 12.4. The second-order valence-corrected chi connectivity index (χ2v) is 5.66. The van der Waals surface area contributed by atoms with E-state index in [0.717, 1.165) is 19.3 Å². The summed E-state index contributed by atoms with van der Waals surface area (Å²) in [7, 11) is 1.66. The molecule has 0 radical (unpaired) electrons. The summed E-state index contributed by atoms with van der Waals surface area (Å²) in [4.78, 5) is 24.4. The van der Waals surface area contributed by atoms with Gasteiger partial charge in [-0.25, -0.2) is 0 Å². The van der Waals surface area contributed by atoms with Gasteiger partial charge in [0.2, 0.25) is 0 Å². The van der Waals surface area contributed by atoms with Gasteiger partial charge in [-0.05, 0) is 37.5 Å². The van der Waals surface area contributed by atoms with Gasteiger partial charge in [-0.2, -0.15) is 0 Å². The molecule has 5 nitrogen and oxygen atoms in total. The summed E-state index contributed by atoms with van der Waals surface area (Å²) in [6, 6.07) is 5.05. The number of hydrogen-bond donors (Lipinski definition) is 1. The molecule has 1 aromatic rings. The maximum Gasteiger partial charge on any atom is 0.255 e. The Bertz CT molecular complexity index is 572. The van der Waals surface area contributed by atoms with Crippen LogP contribution in [-0.2, 0) is 4.74 Å². The minimum Gasteiger partial charge on any atom is -0.491 e. The third-order valence-electron chi connectivity index (χ3n) is 4.37. The van der Waals surface area contributed by atoms with E-state index in [1.807, 2.05) is 0 Å². The molecule has 1 saturated carbocycles. The largest absolute Gasteiger partial charge is 0.491 e. The Hall–Kier alpha value is -1.88. The van der Waals surface area contributed by atoms with Crippen LogP contribution in [0.4, 0.5) is 0 Å². The molecule has 1 fully saturated rings. The van der Waals surface area contributed by atoms with Gasteiger partial charge in [0, 0.05) is 19.1 Å². The molecule has 0 unspecified atom stereocenters. The van der Waals surface area contributed by atoms with Crippen LogP contribution < -0.4 is 10.1 Å². The fourth-order valence-electron chi connectivity index (χ4n) is 2.85. The fourth-order valence-corrected chi connectivity index (χ4v) is 2.85. The number of benzene rings is 1. The Kier molecular flexibility index (Phi) is 3.68. The van der Waals surface area contributed by atoms with Gasteiger partial charge in [0.15, 0.2) is 5.78 Å². The molecule has 2 aliphatic rings. The number of Topliss-reactive ketones (excluding diaryl/α,β-unsaturated/α-hetero) is 1. The zero-order chi connectivity index (χ0) is 14.9. The van der Waals surface area contributed by atoms with Crippen LogP contribution in [0, 0.1) is 0 Å². The average Bonchev–Trinajstić information content (AvgIpc) is 2.64. The topological polar surface area (TPSA) is 64.6 Å². The lowest BCUT2D eigenvalue weighted by Crippen LogP contribution is -2.41. The van der Waals surface area contributed by atoms with Crippen LogP contribution in [-0.4, -0.2) is 37.6 Å². The summed E-state index contributed by atoms with van der Waals surface area (Å²) in [6.07, 6.45) is 3.31. The highest BCUT2D eigenvalue weighted by molar-refractivity contribution is 6.02. The van der Waals surface area contributed by atoms with E-state index in [4.69, 9.17) is 9.47 Å². The van der Waals surface area contributed by atoms with E-state index >= 15 is 0 Å². The van der Waals surface area contributed by atoms with Crippen molar-refractivity contribution in [2.75, 3.05) is 20.3 Å². The fraction of sp³-hybridized carbons (Fsp3) is 0.500. The number of nitrogens with one attached hydrogen (secondary N) is 1. The van der Waals surface area contributed by atoms with Crippen molar-refractivity contribution < 1.29 is 19.1 Å². The van der Waals surface area contributed by atoms with Gasteiger partial charge in [-0.3, -0.25) is 9.59 Å². The molecule has 112 valence electrons. The van der Waals surface area contributed by atoms with E-state index in [1.54, 1.807) is 25.3 Å². The highest BCUT2D eigenvalue weighted by Crippen LogP contribution is 2.39. The Morgan fingerprint density at radius 3 is 2.90 bits per heavy atom. The monoisotopic (exact) mass is 289 g/mol. The molecule has 1 heterocycles. The Morgan fingerprint density at radius 2 is 2.24 bits per heavy atom. The summed E-state index contributed by atoms with van der Waals surface area (Å²) in [5.41, 5.74) is 0.666.